The molecule has 0 radical (unpaired) electrons. The molecule has 4 unspecified atom stereocenters. The lowest BCUT2D eigenvalue weighted by atomic mass is 9.32. The predicted molar refractivity (Wildman–Crippen MR) is 212 cm³/mol. The molecular weight excluding hydrogens is 739 g/mol. The number of halogens is 2. The average molecular weight is 810 g/mol. The van der Waals surface area contributed by atoms with Crippen molar-refractivity contribution in [2.24, 2.45) is 56.7 Å². The van der Waals surface area contributed by atoms with Gasteiger partial charge in [0.05, 0.1) is 6.61 Å². The van der Waals surface area contributed by atoms with E-state index in [4.69, 9.17) is 9.47 Å². The van der Waals surface area contributed by atoms with E-state index < -0.39 is 0 Å². The molecule has 0 spiro atoms. The van der Waals surface area contributed by atoms with Crippen LogP contribution in [-0.2, 0) is 32.2 Å². The Morgan fingerprint density at radius 3 is 1.84 bits per heavy atom. The topological polar surface area (TPSA) is 60.4 Å². The van der Waals surface area contributed by atoms with Crippen LogP contribution in [0.1, 0.15) is 128 Å². The Kier molecular flexibility index (Phi) is 12.7. The van der Waals surface area contributed by atoms with Crippen LogP contribution in [0.4, 0.5) is 0 Å². The number of esters is 2. The van der Waals surface area contributed by atoms with Crippen LogP contribution in [0.5, 0.6) is 0 Å². The van der Waals surface area contributed by atoms with Crippen LogP contribution in [0.3, 0.4) is 0 Å². The first-order chi connectivity index (χ1) is 25.3. The van der Waals surface area contributed by atoms with Gasteiger partial charge in [-0.25, -0.2) is 9.59 Å². The van der Waals surface area contributed by atoms with Gasteiger partial charge in [0.2, 0.25) is 13.1 Å². The lowest BCUT2D eigenvalue weighted by Crippen LogP contribution is -3.00. The number of aryl methyl sites for hydroxylation is 4. The summed E-state index contributed by atoms with van der Waals surface area (Å²) in [5.41, 5.74) is 6.52. The number of nitrogens with zero attached hydrogens (tertiary/aromatic N) is 2. The number of rotatable bonds is 8. The molecule has 5 aliphatic rings. The number of fused-ring (bicyclic) bond motifs is 7. The first-order valence-electron chi connectivity index (χ1n) is 21.3. The van der Waals surface area contributed by atoms with Crippen LogP contribution in [0.15, 0.2) is 49.1 Å². The van der Waals surface area contributed by atoms with Gasteiger partial charge >= 0.3 is 11.9 Å². The van der Waals surface area contributed by atoms with Crippen molar-refractivity contribution in [3.63, 3.8) is 0 Å². The Hall–Kier alpha value is -2.44. The summed E-state index contributed by atoms with van der Waals surface area (Å²) < 4.78 is 16.7. The molecule has 10 atom stereocenters. The van der Waals surface area contributed by atoms with E-state index in [0.717, 1.165) is 54.4 Å². The van der Waals surface area contributed by atoms with Gasteiger partial charge in [-0.2, -0.15) is 9.13 Å². The van der Waals surface area contributed by atoms with Gasteiger partial charge in [-0.15, -0.1) is 0 Å². The van der Waals surface area contributed by atoms with Crippen LogP contribution in [-0.4, -0.2) is 24.6 Å². The third-order valence-electron chi connectivity index (χ3n) is 17.0. The second-order valence-corrected chi connectivity index (χ2v) is 20.7. The third-order valence-corrected chi connectivity index (χ3v) is 17.0. The van der Waals surface area contributed by atoms with E-state index >= 15 is 0 Å². The van der Waals surface area contributed by atoms with Crippen molar-refractivity contribution in [1.29, 1.82) is 0 Å². The average Bonchev–Trinajstić information content (AvgIpc) is 3.45. The Labute approximate surface area is 350 Å². The van der Waals surface area contributed by atoms with E-state index in [9.17, 15) is 9.59 Å². The molecule has 0 saturated heterocycles. The fourth-order valence-electron chi connectivity index (χ4n) is 14.7. The van der Waals surface area contributed by atoms with Crippen molar-refractivity contribution >= 4 is 11.9 Å². The summed E-state index contributed by atoms with van der Waals surface area (Å²) >= 11 is 0. The van der Waals surface area contributed by atoms with Gasteiger partial charge in [-0.05, 0) is 157 Å². The van der Waals surface area contributed by atoms with E-state index in [1.54, 1.807) is 0 Å². The standard InChI is InChI=1S/C48H70N2O4.2ClH/c1-31(2)36-14-19-48(30-53-41(51)28-49-24-32(3)22-33(4)25-49)21-20-46(10)37(43(36)48)12-13-39-45(9)17-16-40(44(7,8)38(45)15-18-47(39,46)11)54-42(52)29-50-26-34(5)23-35(6)27-50;;/h22-27,36-40,43H,1,12-21,28-30H2,2-11H3;2*1H/q+2;;/p-2/t36-,37?,38?,39?,40-,43?,45-,46+,47+,48+;;/m0../s1. The summed E-state index contributed by atoms with van der Waals surface area (Å²) in [4.78, 5) is 26.8. The van der Waals surface area contributed by atoms with Crippen molar-refractivity contribution in [1.82, 2.24) is 0 Å². The molecule has 2 heterocycles. The highest BCUT2D eigenvalue weighted by Gasteiger charge is 2.71. The molecule has 0 aliphatic heterocycles. The van der Waals surface area contributed by atoms with Crippen molar-refractivity contribution in [3.8, 4) is 0 Å². The second kappa shape index (κ2) is 16.0. The Bertz CT molecular complexity index is 1790. The van der Waals surface area contributed by atoms with Gasteiger partial charge in [0.25, 0.3) is 0 Å². The van der Waals surface area contributed by atoms with E-state index in [-0.39, 0.29) is 83.0 Å². The highest BCUT2D eigenvalue weighted by molar-refractivity contribution is 5.68. The largest absolute Gasteiger partial charge is 1.00 e. The Morgan fingerprint density at radius 1 is 0.696 bits per heavy atom. The molecule has 5 aliphatic carbocycles. The van der Waals surface area contributed by atoms with Crippen LogP contribution >= 0.6 is 0 Å². The number of allylic oxidation sites excluding steroid dienone is 1. The van der Waals surface area contributed by atoms with Gasteiger partial charge in [0.1, 0.15) is 6.10 Å². The van der Waals surface area contributed by atoms with E-state index in [1.807, 2.05) is 33.9 Å². The molecule has 2 aromatic rings. The van der Waals surface area contributed by atoms with Crippen molar-refractivity contribution < 1.29 is 53.0 Å². The highest BCUT2D eigenvalue weighted by Crippen LogP contribution is 2.77. The predicted octanol–water partition coefficient (Wildman–Crippen LogP) is 3.32. The van der Waals surface area contributed by atoms with E-state index in [0.29, 0.717) is 36.2 Å². The zero-order valence-electron chi connectivity index (χ0n) is 36.1. The third kappa shape index (κ3) is 7.50. The van der Waals surface area contributed by atoms with E-state index in [2.05, 4.69) is 87.9 Å². The van der Waals surface area contributed by atoms with Gasteiger partial charge < -0.3 is 34.3 Å². The minimum absolute atomic E-state index is 0. The summed E-state index contributed by atoms with van der Waals surface area (Å²) in [5, 5.41) is 0. The van der Waals surface area contributed by atoms with Gasteiger partial charge in [0, 0.05) is 33.1 Å². The zero-order valence-corrected chi connectivity index (χ0v) is 37.6. The molecular formula is C48H70Cl2N2O4. The maximum absolute atomic E-state index is 13.4. The molecule has 5 saturated carbocycles. The van der Waals surface area contributed by atoms with Crippen LogP contribution in [0.25, 0.3) is 0 Å². The maximum atomic E-state index is 13.4. The van der Waals surface area contributed by atoms with Crippen LogP contribution in [0.2, 0.25) is 0 Å². The molecule has 7 rings (SSSR count). The number of aromatic nitrogens is 2. The minimum atomic E-state index is -0.125. The van der Waals surface area contributed by atoms with Crippen LogP contribution in [0, 0.1) is 84.4 Å². The molecule has 0 aromatic carbocycles. The summed E-state index contributed by atoms with van der Waals surface area (Å²) in [6.07, 6.45) is 19.7. The molecule has 8 heteroatoms. The van der Waals surface area contributed by atoms with Crippen LogP contribution < -0.4 is 33.9 Å². The number of carbonyl (C=O) groups is 2. The highest BCUT2D eigenvalue weighted by atomic mass is 35.5. The summed E-state index contributed by atoms with van der Waals surface area (Å²) in [6, 6.07) is 4.28. The van der Waals surface area contributed by atoms with Crippen molar-refractivity contribution in [3.05, 3.63) is 71.3 Å². The molecule has 6 nitrogen and oxygen atoms in total. The van der Waals surface area contributed by atoms with Gasteiger partial charge in [-0.1, -0.05) is 46.8 Å². The number of hydrogen-bond acceptors (Lipinski definition) is 4. The summed E-state index contributed by atoms with van der Waals surface area (Å²) in [7, 11) is 0. The first-order valence-corrected chi connectivity index (χ1v) is 21.3. The first kappa shape index (κ1) is 44.7. The molecule has 2 aromatic heterocycles. The molecule has 0 amide bonds. The number of carbonyl (C=O) groups excluding carboxylic acids is 2. The molecule has 310 valence electrons. The molecule has 56 heavy (non-hydrogen) atoms. The SMILES string of the molecule is C=C(C)[C@@H]1CC[C@]2(COC(=O)C[n+]3cc(C)cc(C)c3)CC[C@]3(C)C(CCC4[C@@]5(C)CC[C@H](OC(=O)C[n+]6cc(C)cc(C)c6)C(C)(C)C5CC[C@]43C)C12.[Cl-].[Cl-]. The quantitative estimate of drug-likeness (QED) is 0.234. The Balaban J connectivity index is 0.00000300. The number of ether oxygens (including phenoxy) is 2. The molecule has 0 bridgehead atoms. The zero-order chi connectivity index (χ0) is 39.0. The van der Waals surface area contributed by atoms with E-state index in [1.165, 1.54) is 37.7 Å². The molecule has 0 N–H and O–H groups in total. The number of hydrogen-bond donors (Lipinski definition) is 0. The Morgan fingerprint density at radius 2 is 1.27 bits per heavy atom. The maximum Gasteiger partial charge on any atom is 0.372 e. The fourth-order valence-corrected chi connectivity index (χ4v) is 14.7. The lowest BCUT2D eigenvalue weighted by Gasteiger charge is -2.73. The van der Waals surface area contributed by atoms with Crippen molar-refractivity contribution in [2.75, 3.05) is 6.61 Å². The van der Waals surface area contributed by atoms with Gasteiger partial charge in [-0.3, -0.25) is 0 Å². The number of pyridine rings is 2. The smallest absolute Gasteiger partial charge is 0.372 e. The van der Waals surface area contributed by atoms with Crippen molar-refractivity contribution in [2.45, 2.75) is 153 Å². The summed E-state index contributed by atoms with van der Waals surface area (Å²) in [6.45, 7) is 29.0. The monoisotopic (exact) mass is 808 g/mol. The molecule has 5 fully saturated rings. The minimum Gasteiger partial charge on any atom is -1.00 e. The second-order valence-electron chi connectivity index (χ2n) is 20.7. The lowest BCUT2D eigenvalue weighted by molar-refractivity contribution is -0.686. The van der Waals surface area contributed by atoms with Gasteiger partial charge in [0.15, 0.2) is 24.8 Å². The fraction of sp³-hybridized carbons (Fsp3) is 0.708. The normalized spacial score (nSPS) is 36.6. The summed E-state index contributed by atoms with van der Waals surface area (Å²) in [5.74, 6) is 2.48.